The van der Waals surface area contributed by atoms with Crippen LogP contribution in [0.3, 0.4) is 0 Å². The van der Waals surface area contributed by atoms with Crippen molar-refractivity contribution in [1.29, 1.82) is 0 Å². The topological polar surface area (TPSA) is 12.0 Å². The van der Waals surface area contributed by atoms with Gasteiger partial charge in [0.15, 0.2) is 0 Å². The van der Waals surface area contributed by atoms with Crippen LogP contribution >= 0.6 is 15.9 Å². The first-order valence-electron chi connectivity index (χ1n) is 6.58. The van der Waals surface area contributed by atoms with E-state index in [0.29, 0.717) is 11.5 Å². The molecule has 0 amide bonds. The van der Waals surface area contributed by atoms with Crippen LogP contribution in [0.5, 0.6) is 0 Å². The van der Waals surface area contributed by atoms with Gasteiger partial charge in [-0.1, -0.05) is 47.8 Å². The van der Waals surface area contributed by atoms with E-state index < -0.39 is 0 Å². The molecule has 0 radical (unpaired) electrons. The van der Waals surface area contributed by atoms with Gasteiger partial charge in [-0.2, -0.15) is 0 Å². The van der Waals surface area contributed by atoms with Crippen molar-refractivity contribution in [2.75, 3.05) is 6.54 Å². The summed E-state index contributed by atoms with van der Waals surface area (Å²) in [5.41, 5.74) is 1.90. The Hall–Kier alpha value is -0.340. The molecule has 1 aromatic carbocycles. The third-order valence-electron chi connectivity index (χ3n) is 4.02. The minimum absolute atomic E-state index is 0.445. The molecule has 1 fully saturated rings. The molecule has 1 unspecified atom stereocenters. The second-order valence-electron chi connectivity index (χ2n) is 5.67. The van der Waals surface area contributed by atoms with Gasteiger partial charge in [0.05, 0.1) is 0 Å². The van der Waals surface area contributed by atoms with Crippen molar-refractivity contribution in [3.8, 4) is 0 Å². The summed E-state index contributed by atoms with van der Waals surface area (Å²) >= 11 is 3.48. The molecular formula is C15H22BrN. The molecule has 0 spiro atoms. The summed E-state index contributed by atoms with van der Waals surface area (Å²) < 4.78 is 1.15. The van der Waals surface area contributed by atoms with Crippen molar-refractivity contribution < 1.29 is 0 Å². The van der Waals surface area contributed by atoms with E-state index in [9.17, 15) is 0 Å². The molecule has 17 heavy (non-hydrogen) atoms. The zero-order chi connectivity index (χ0) is 12.3. The number of nitrogens with one attached hydrogen (secondary N) is 1. The quantitative estimate of drug-likeness (QED) is 0.850. The van der Waals surface area contributed by atoms with Gasteiger partial charge < -0.3 is 5.32 Å². The largest absolute Gasteiger partial charge is 0.310 e. The molecule has 94 valence electrons. The van der Waals surface area contributed by atoms with E-state index in [1.807, 2.05) is 0 Å². The van der Waals surface area contributed by atoms with E-state index in [2.05, 4.69) is 59.4 Å². The zero-order valence-corrected chi connectivity index (χ0v) is 12.4. The fourth-order valence-corrected chi connectivity index (χ4v) is 2.94. The van der Waals surface area contributed by atoms with Gasteiger partial charge in [0, 0.05) is 17.1 Å². The smallest absolute Gasteiger partial charge is 0.0292 e. The predicted octanol–water partition coefficient (Wildman–Crippen LogP) is 4.68. The van der Waals surface area contributed by atoms with E-state index in [-0.39, 0.29) is 0 Å². The van der Waals surface area contributed by atoms with E-state index in [1.54, 1.807) is 0 Å². The molecule has 1 atom stereocenters. The summed E-state index contributed by atoms with van der Waals surface area (Å²) in [4.78, 5) is 0. The van der Waals surface area contributed by atoms with Crippen molar-refractivity contribution >= 4 is 15.9 Å². The molecule has 1 N–H and O–H groups in total. The van der Waals surface area contributed by atoms with Gasteiger partial charge in [0.2, 0.25) is 0 Å². The van der Waals surface area contributed by atoms with Crippen molar-refractivity contribution in [3.05, 3.63) is 34.3 Å². The lowest BCUT2D eigenvalue weighted by molar-refractivity contribution is 0.302. The second-order valence-corrected chi connectivity index (χ2v) is 6.59. The lowest BCUT2D eigenvalue weighted by atomic mass is 9.88. The monoisotopic (exact) mass is 295 g/mol. The number of benzene rings is 1. The molecule has 1 nitrogen and oxygen atoms in total. The highest BCUT2D eigenvalue weighted by molar-refractivity contribution is 9.10. The van der Waals surface area contributed by atoms with Gasteiger partial charge in [-0.3, -0.25) is 0 Å². The van der Waals surface area contributed by atoms with Gasteiger partial charge in [-0.15, -0.1) is 0 Å². The maximum absolute atomic E-state index is 3.69. The molecule has 0 bridgehead atoms. The van der Waals surface area contributed by atoms with Gasteiger partial charge in [-0.05, 0) is 42.9 Å². The molecule has 0 aromatic heterocycles. The highest BCUT2D eigenvalue weighted by Gasteiger charge is 2.28. The standard InChI is InChI=1S/C15H22BrN/c1-12(13-5-7-14(16)8-6-13)17-11-15(2)9-3-4-10-15/h5-8,12,17H,3-4,9-11H2,1-2H3. The zero-order valence-electron chi connectivity index (χ0n) is 10.8. The van der Waals surface area contributed by atoms with Crippen LogP contribution in [0.1, 0.15) is 51.1 Å². The van der Waals surface area contributed by atoms with Crippen molar-refractivity contribution in [2.24, 2.45) is 5.41 Å². The Balaban J connectivity index is 1.88. The average Bonchev–Trinajstić information content (AvgIpc) is 2.75. The first kappa shape index (κ1) is 13.1. The molecule has 0 heterocycles. The number of hydrogen-bond acceptors (Lipinski definition) is 1. The molecule has 1 aliphatic carbocycles. The predicted molar refractivity (Wildman–Crippen MR) is 77.1 cm³/mol. The van der Waals surface area contributed by atoms with Gasteiger partial charge in [0.1, 0.15) is 0 Å². The number of hydrogen-bond donors (Lipinski definition) is 1. The molecule has 1 aromatic rings. The normalized spacial score (nSPS) is 20.4. The Kier molecular flexibility index (Phi) is 4.26. The van der Waals surface area contributed by atoms with Crippen LogP contribution in [0, 0.1) is 5.41 Å². The average molecular weight is 296 g/mol. The van der Waals surface area contributed by atoms with Gasteiger partial charge >= 0.3 is 0 Å². The van der Waals surface area contributed by atoms with Crippen LogP contribution < -0.4 is 5.32 Å². The third kappa shape index (κ3) is 3.56. The Labute approximate surface area is 113 Å². The van der Waals surface area contributed by atoms with Crippen LogP contribution in [-0.2, 0) is 0 Å². The summed E-state index contributed by atoms with van der Waals surface area (Å²) in [6.45, 7) is 5.81. The fraction of sp³-hybridized carbons (Fsp3) is 0.600. The van der Waals surface area contributed by atoms with Crippen LogP contribution in [0.2, 0.25) is 0 Å². The van der Waals surface area contributed by atoms with Crippen LogP contribution in [0.4, 0.5) is 0 Å². The minimum atomic E-state index is 0.445. The first-order chi connectivity index (χ1) is 8.09. The van der Waals surface area contributed by atoms with Crippen LogP contribution in [0.25, 0.3) is 0 Å². The Morgan fingerprint density at radius 1 is 1.24 bits per heavy atom. The van der Waals surface area contributed by atoms with E-state index in [1.165, 1.54) is 31.2 Å². The SMILES string of the molecule is CC(NCC1(C)CCCC1)c1ccc(Br)cc1. The van der Waals surface area contributed by atoms with Gasteiger partial charge in [-0.25, -0.2) is 0 Å². The van der Waals surface area contributed by atoms with Crippen LogP contribution in [0.15, 0.2) is 28.7 Å². The van der Waals surface area contributed by atoms with E-state index in [4.69, 9.17) is 0 Å². The highest BCUT2D eigenvalue weighted by Crippen LogP contribution is 2.37. The molecule has 1 saturated carbocycles. The van der Waals surface area contributed by atoms with Crippen molar-refractivity contribution in [1.82, 2.24) is 5.32 Å². The molecule has 0 aliphatic heterocycles. The summed E-state index contributed by atoms with van der Waals surface area (Å²) in [6, 6.07) is 9.06. The van der Waals surface area contributed by atoms with E-state index >= 15 is 0 Å². The lowest BCUT2D eigenvalue weighted by Crippen LogP contribution is -2.31. The maximum atomic E-state index is 3.69. The summed E-state index contributed by atoms with van der Waals surface area (Å²) in [5, 5.41) is 3.69. The lowest BCUT2D eigenvalue weighted by Gasteiger charge is -2.26. The third-order valence-corrected chi connectivity index (χ3v) is 4.54. The molecular weight excluding hydrogens is 274 g/mol. The molecule has 1 aliphatic rings. The molecule has 2 rings (SSSR count). The van der Waals surface area contributed by atoms with Crippen LogP contribution in [-0.4, -0.2) is 6.54 Å². The first-order valence-corrected chi connectivity index (χ1v) is 7.37. The maximum Gasteiger partial charge on any atom is 0.0292 e. The van der Waals surface area contributed by atoms with Crippen molar-refractivity contribution in [2.45, 2.75) is 45.6 Å². The Morgan fingerprint density at radius 3 is 2.41 bits per heavy atom. The highest BCUT2D eigenvalue weighted by atomic mass is 79.9. The Bertz CT molecular complexity index is 352. The second kappa shape index (κ2) is 5.53. The summed E-state index contributed by atoms with van der Waals surface area (Å²) in [6.07, 6.45) is 5.58. The molecule has 2 heteroatoms. The fourth-order valence-electron chi connectivity index (χ4n) is 2.67. The summed E-state index contributed by atoms with van der Waals surface area (Å²) in [7, 11) is 0. The minimum Gasteiger partial charge on any atom is -0.310 e. The number of halogens is 1. The van der Waals surface area contributed by atoms with Gasteiger partial charge in [0.25, 0.3) is 0 Å². The van der Waals surface area contributed by atoms with E-state index in [0.717, 1.165) is 11.0 Å². The van der Waals surface area contributed by atoms with Crippen molar-refractivity contribution in [3.63, 3.8) is 0 Å². The molecule has 0 saturated heterocycles. The number of rotatable bonds is 4. The Morgan fingerprint density at radius 2 is 1.82 bits per heavy atom. The summed E-state index contributed by atoms with van der Waals surface area (Å²) in [5.74, 6) is 0.